The van der Waals surface area contributed by atoms with Crippen LogP contribution in [0.15, 0.2) is 48.5 Å². The summed E-state index contributed by atoms with van der Waals surface area (Å²) in [6.45, 7) is 1.83. The van der Waals surface area contributed by atoms with Crippen LogP contribution >= 0.6 is 0 Å². The maximum absolute atomic E-state index is 13.9. The third-order valence-corrected chi connectivity index (χ3v) is 3.29. The van der Waals surface area contributed by atoms with E-state index < -0.39 is 6.11 Å². The molecule has 0 bridgehead atoms. The first kappa shape index (κ1) is 15.6. The predicted molar refractivity (Wildman–Crippen MR) is 75.8 cm³/mol. The molecule has 21 heavy (non-hydrogen) atoms. The molecule has 0 aliphatic carbocycles. The summed E-state index contributed by atoms with van der Waals surface area (Å²) in [5, 5.41) is 0. The van der Waals surface area contributed by atoms with Gasteiger partial charge in [0.05, 0.1) is 12.2 Å². The van der Waals surface area contributed by atoms with Crippen molar-refractivity contribution in [3.63, 3.8) is 0 Å². The van der Waals surface area contributed by atoms with Crippen molar-refractivity contribution in [1.29, 1.82) is 0 Å². The molecule has 0 atom stereocenters. The summed E-state index contributed by atoms with van der Waals surface area (Å²) in [5.41, 5.74) is 1.60. The van der Waals surface area contributed by atoms with Crippen molar-refractivity contribution in [2.45, 2.75) is 25.9 Å². The van der Waals surface area contributed by atoms with E-state index in [-0.39, 0.29) is 18.0 Å². The first-order valence-electron chi connectivity index (χ1n) is 6.87. The highest BCUT2D eigenvalue weighted by atomic mass is 19.3. The second-order valence-electron chi connectivity index (χ2n) is 4.79. The topological polar surface area (TPSA) is 9.23 Å². The minimum absolute atomic E-state index is 0.131. The van der Waals surface area contributed by atoms with Crippen LogP contribution < -0.4 is 0 Å². The third-order valence-electron chi connectivity index (χ3n) is 3.29. The zero-order valence-electron chi connectivity index (χ0n) is 11.8. The van der Waals surface area contributed by atoms with Crippen LogP contribution in [0.25, 0.3) is 0 Å². The molecule has 2 aromatic rings. The molecule has 0 N–H and O–H groups in total. The van der Waals surface area contributed by atoms with Gasteiger partial charge in [0, 0.05) is 0 Å². The normalized spacial score (nSPS) is 11.6. The molecule has 0 spiro atoms. The Bertz CT molecular complexity index is 562. The molecule has 1 nitrogen and oxygen atoms in total. The molecular formula is C17H17F3O. The van der Waals surface area contributed by atoms with E-state index in [0.29, 0.717) is 6.42 Å². The molecule has 0 aliphatic heterocycles. The fourth-order valence-corrected chi connectivity index (χ4v) is 1.97. The minimum Gasteiger partial charge on any atom is -0.316 e. The first-order valence-corrected chi connectivity index (χ1v) is 6.87. The molecular weight excluding hydrogens is 277 g/mol. The summed E-state index contributed by atoms with van der Waals surface area (Å²) in [5.74, 6) is -0.346. The third kappa shape index (κ3) is 4.33. The quantitative estimate of drug-likeness (QED) is 0.750. The molecule has 2 aromatic carbocycles. The summed E-state index contributed by atoms with van der Waals surface area (Å²) in [6.07, 6.45) is -2.20. The predicted octanol–water partition coefficient (Wildman–Crippen LogP) is 4.70. The lowest BCUT2D eigenvalue weighted by atomic mass is 10.1. The van der Waals surface area contributed by atoms with Gasteiger partial charge in [0.25, 0.3) is 0 Å². The molecule has 0 unspecified atom stereocenters. The Labute approximate surface area is 122 Å². The van der Waals surface area contributed by atoms with Crippen LogP contribution in [-0.4, -0.2) is 6.61 Å². The number of hydrogen-bond acceptors (Lipinski definition) is 1. The minimum atomic E-state index is -3.31. The van der Waals surface area contributed by atoms with E-state index in [0.717, 1.165) is 17.5 Å². The van der Waals surface area contributed by atoms with Gasteiger partial charge in [0.1, 0.15) is 5.82 Å². The molecule has 112 valence electrons. The summed E-state index contributed by atoms with van der Waals surface area (Å²) in [4.78, 5) is 0. The zero-order valence-corrected chi connectivity index (χ0v) is 11.8. The van der Waals surface area contributed by atoms with Crippen LogP contribution in [0.4, 0.5) is 13.2 Å². The largest absolute Gasteiger partial charge is 0.383 e. The maximum atomic E-state index is 13.9. The fourth-order valence-electron chi connectivity index (χ4n) is 1.97. The number of halogens is 3. The Hall–Kier alpha value is -1.81. The summed E-state index contributed by atoms with van der Waals surface area (Å²) in [7, 11) is 0. The lowest BCUT2D eigenvalue weighted by Gasteiger charge is -2.17. The van der Waals surface area contributed by atoms with Crippen molar-refractivity contribution in [2.24, 2.45) is 0 Å². The molecule has 0 saturated heterocycles. The van der Waals surface area contributed by atoms with Crippen molar-refractivity contribution >= 4 is 0 Å². The summed E-state index contributed by atoms with van der Waals surface area (Å²) >= 11 is 0. The smallest absolute Gasteiger partial charge is 0.316 e. The SMILES string of the molecule is CCc1ccc(C(F)(F)OCCc2ccc(F)cc2)cc1. The van der Waals surface area contributed by atoms with Gasteiger partial charge in [0.15, 0.2) is 0 Å². The van der Waals surface area contributed by atoms with Gasteiger partial charge >= 0.3 is 6.11 Å². The van der Waals surface area contributed by atoms with Gasteiger partial charge in [0.2, 0.25) is 0 Å². The number of rotatable bonds is 6. The lowest BCUT2D eigenvalue weighted by molar-refractivity contribution is -0.248. The maximum Gasteiger partial charge on any atom is 0.383 e. The van der Waals surface area contributed by atoms with Crippen LogP contribution in [0.1, 0.15) is 23.6 Å². The molecule has 0 aliphatic rings. The van der Waals surface area contributed by atoms with E-state index in [9.17, 15) is 13.2 Å². The molecule has 0 saturated carbocycles. The molecule has 0 aromatic heterocycles. The van der Waals surface area contributed by atoms with Crippen molar-refractivity contribution < 1.29 is 17.9 Å². The Morgan fingerprint density at radius 3 is 2.05 bits per heavy atom. The fraction of sp³-hybridized carbons (Fsp3) is 0.294. The highest BCUT2D eigenvalue weighted by molar-refractivity contribution is 5.24. The molecule has 4 heteroatoms. The second-order valence-corrected chi connectivity index (χ2v) is 4.79. The van der Waals surface area contributed by atoms with Crippen LogP contribution in [0.5, 0.6) is 0 Å². The number of hydrogen-bond donors (Lipinski definition) is 0. The number of ether oxygens (including phenoxy) is 1. The monoisotopic (exact) mass is 294 g/mol. The van der Waals surface area contributed by atoms with Crippen molar-refractivity contribution in [1.82, 2.24) is 0 Å². The number of alkyl halides is 2. The van der Waals surface area contributed by atoms with E-state index in [2.05, 4.69) is 0 Å². The van der Waals surface area contributed by atoms with Crippen LogP contribution in [0, 0.1) is 5.82 Å². The van der Waals surface area contributed by atoms with Gasteiger partial charge in [-0.25, -0.2) is 4.39 Å². The van der Waals surface area contributed by atoms with Gasteiger partial charge < -0.3 is 4.74 Å². The summed E-state index contributed by atoms with van der Waals surface area (Å²) < 4.78 is 45.2. The average molecular weight is 294 g/mol. The van der Waals surface area contributed by atoms with Gasteiger partial charge in [-0.2, -0.15) is 8.78 Å². The van der Waals surface area contributed by atoms with Crippen molar-refractivity contribution in [2.75, 3.05) is 6.61 Å². The Morgan fingerprint density at radius 2 is 1.48 bits per heavy atom. The van der Waals surface area contributed by atoms with E-state index >= 15 is 0 Å². The number of aryl methyl sites for hydroxylation is 1. The Morgan fingerprint density at radius 1 is 0.905 bits per heavy atom. The van der Waals surface area contributed by atoms with Crippen molar-refractivity contribution in [3.05, 3.63) is 71.0 Å². The average Bonchev–Trinajstić information content (AvgIpc) is 2.49. The van der Waals surface area contributed by atoms with Gasteiger partial charge in [-0.3, -0.25) is 0 Å². The zero-order chi connectivity index (χ0) is 15.3. The molecule has 2 rings (SSSR count). The van der Waals surface area contributed by atoms with Crippen LogP contribution in [0.3, 0.4) is 0 Å². The van der Waals surface area contributed by atoms with E-state index in [4.69, 9.17) is 4.74 Å². The Balaban J connectivity index is 1.92. The van der Waals surface area contributed by atoms with Crippen LogP contribution in [0.2, 0.25) is 0 Å². The Kier molecular flexibility index (Phi) is 5.02. The van der Waals surface area contributed by atoms with Gasteiger partial charge in [-0.15, -0.1) is 0 Å². The standard InChI is InChI=1S/C17H17F3O/c1-2-13-3-7-15(8-4-13)17(19,20)21-12-11-14-5-9-16(18)10-6-14/h3-10H,2,11-12H2,1H3. The van der Waals surface area contributed by atoms with E-state index in [1.807, 2.05) is 6.92 Å². The van der Waals surface area contributed by atoms with Crippen molar-refractivity contribution in [3.8, 4) is 0 Å². The number of benzene rings is 2. The summed E-state index contributed by atoms with van der Waals surface area (Å²) in [6, 6.07) is 11.8. The second kappa shape index (κ2) is 6.76. The molecule has 0 amide bonds. The van der Waals surface area contributed by atoms with E-state index in [1.165, 1.54) is 24.3 Å². The van der Waals surface area contributed by atoms with Gasteiger partial charge in [-0.05, 0) is 36.1 Å². The first-order chi connectivity index (χ1) is 10.0. The van der Waals surface area contributed by atoms with Crippen LogP contribution in [-0.2, 0) is 23.7 Å². The molecule has 0 heterocycles. The van der Waals surface area contributed by atoms with Gasteiger partial charge in [-0.1, -0.05) is 43.3 Å². The lowest BCUT2D eigenvalue weighted by Crippen LogP contribution is -2.19. The molecule has 0 fully saturated rings. The highest BCUT2D eigenvalue weighted by Crippen LogP contribution is 2.29. The highest BCUT2D eigenvalue weighted by Gasteiger charge is 2.32. The van der Waals surface area contributed by atoms with E-state index in [1.54, 1.807) is 24.3 Å². The molecule has 0 radical (unpaired) electrons.